The number of amides is 1. The summed E-state index contributed by atoms with van der Waals surface area (Å²) in [6.45, 7) is 5.93. The molecule has 84 valence electrons. The molecule has 0 aliphatic carbocycles. The first-order valence-electron chi connectivity index (χ1n) is 4.46. The molecule has 0 fully saturated rings. The molecule has 0 bridgehead atoms. The fourth-order valence-corrected chi connectivity index (χ4v) is 1.31. The molecule has 0 aliphatic heterocycles. The van der Waals surface area contributed by atoms with Gasteiger partial charge in [0.2, 0.25) is 0 Å². The highest BCUT2D eigenvalue weighted by Crippen LogP contribution is 2.24. The van der Waals surface area contributed by atoms with Gasteiger partial charge in [0.25, 0.3) is 0 Å². The van der Waals surface area contributed by atoms with Gasteiger partial charge in [-0.3, -0.25) is 0 Å². The molecular formula is C9H18ClNO3. The zero-order valence-electron chi connectivity index (χ0n) is 8.79. The minimum Gasteiger partial charge on any atom is -0.444 e. The Labute approximate surface area is 89.4 Å². The zero-order valence-corrected chi connectivity index (χ0v) is 9.54. The summed E-state index contributed by atoms with van der Waals surface area (Å²) in [6.07, 6.45) is -1.87. The summed E-state index contributed by atoms with van der Waals surface area (Å²) in [4.78, 5) is 10.6. The van der Waals surface area contributed by atoms with Crippen LogP contribution in [0.15, 0.2) is 0 Å². The van der Waals surface area contributed by atoms with E-state index in [1.165, 1.54) is 0 Å². The fourth-order valence-electron chi connectivity index (χ4n) is 1.11. The van der Waals surface area contributed by atoms with Crippen LogP contribution in [0, 0.1) is 5.41 Å². The first-order chi connectivity index (χ1) is 6.26. The predicted octanol–water partition coefficient (Wildman–Crippen LogP) is 1.49. The maximum Gasteiger partial charge on any atom is 0.404 e. The van der Waals surface area contributed by atoms with E-state index in [9.17, 15) is 9.90 Å². The lowest BCUT2D eigenvalue weighted by atomic mass is 9.87. The molecule has 3 N–H and O–H groups in total. The van der Waals surface area contributed by atoms with Gasteiger partial charge in [-0.1, -0.05) is 20.8 Å². The number of hydrogen-bond donors (Lipinski definition) is 2. The molecule has 4 nitrogen and oxygen atoms in total. The second kappa shape index (κ2) is 5.41. The summed E-state index contributed by atoms with van der Waals surface area (Å²) < 4.78 is 4.78. The smallest absolute Gasteiger partial charge is 0.404 e. The van der Waals surface area contributed by atoms with Crippen LogP contribution >= 0.6 is 11.6 Å². The largest absolute Gasteiger partial charge is 0.444 e. The molecule has 0 radical (unpaired) electrons. The lowest BCUT2D eigenvalue weighted by Gasteiger charge is -2.27. The van der Waals surface area contributed by atoms with Crippen LogP contribution in [0.5, 0.6) is 0 Å². The average Bonchev–Trinajstić information content (AvgIpc) is 1.98. The number of carbonyl (C=O) groups is 1. The van der Waals surface area contributed by atoms with E-state index in [0.717, 1.165) is 0 Å². The van der Waals surface area contributed by atoms with Crippen molar-refractivity contribution in [2.24, 2.45) is 11.1 Å². The van der Waals surface area contributed by atoms with Crippen molar-refractivity contribution in [3.05, 3.63) is 0 Å². The maximum absolute atomic E-state index is 10.6. The molecule has 2 atom stereocenters. The molecule has 5 heteroatoms. The van der Waals surface area contributed by atoms with E-state index < -0.39 is 18.3 Å². The Bertz CT molecular complexity index is 191. The summed E-state index contributed by atoms with van der Waals surface area (Å²) in [6, 6.07) is 0. The van der Waals surface area contributed by atoms with Crippen LogP contribution in [-0.2, 0) is 4.74 Å². The Morgan fingerprint density at radius 1 is 1.57 bits per heavy atom. The number of rotatable bonds is 4. The first kappa shape index (κ1) is 13.5. The molecular weight excluding hydrogens is 206 g/mol. The Kier molecular flexibility index (Phi) is 5.23. The highest BCUT2D eigenvalue weighted by atomic mass is 35.5. The summed E-state index contributed by atoms with van der Waals surface area (Å²) in [5, 5.41) is 9.47. The lowest BCUT2D eigenvalue weighted by molar-refractivity contribution is -0.00349. The molecule has 0 rings (SSSR count). The van der Waals surface area contributed by atoms with Crippen LogP contribution in [0.25, 0.3) is 0 Å². The summed E-state index contributed by atoms with van der Waals surface area (Å²) >= 11 is 5.48. The van der Waals surface area contributed by atoms with Gasteiger partial charge in [0, 0.05) is 0 Å². The summed E-state index contributed by atoms with van der Waals surface area (Å²) in [7, 11) is 0. The van der Waals surface area contributed by atoms with Gasteiger partial charge in [0.05, 0.1) is 5.88 Å². The Morgan fingerprint density at radius 2 is 2.07 bits per heavy atom. The lowest BCUT2D eigenvalue weighted by Crippen LogP contribution is -2.37. The number of hydrogen-bond acceptors (Lipinski definition) is 3. The van der Waals surface area contributed by atoms with Crippen molar-refractivity contribution in [2.75, 3.05) is 5.88 Å². The van der Waals surface area contributed by atoms with E-state index in [4.69, 9.17) is 22.1 Å². The van der Waals surface area contributed by atoms with Gasteiger partial charge in [-0.05, 0) is 11.8 Å². The van der Waals surface area contributed by atoms with Crippen molar-refractivity contribution < 1.29 is 14.6 Å². The average molecular weight is 224 g/mol. The van der Waals surface area contributed by atoms with Crippen LogP contribution in [0.1, 0.15) is 27.2 Å². The van der Waals surface area contributed by atoms with Crippen molar-refractivity contribution in [2.45, 2.75) is 39.4 Å². The number of aliphatic hydroxyl groups excluding tert-OH is 1. The van der Waals surface area contributed by atoms with Gasteiger partial charge in [0.15, 0.2) is 0 Å². The number of nitrogens with two attached hydrogens (primary N) is 1. The van der Waals surface area contributed by atoms with E-state index in [0.29, 0.717) is 6.42 Å². The van der Waals surface area contributed by atoms with Crippen LogP contribution in [0.3, 0.4) is 0 Å². The molecule has 0 aromatic heterocycles. The van der Waals surface area contributed by atoms with E-state index in [1.807, 2.05) is 20.8 Å². The molecule has 0 heterocycles. The monoisotopic (exact) mass is 223 g/mol. The van der Waals surface area contributed by atoms with E-state index in [-0.39, 0.29) is 11.3 Å². The number of halogens is 1. The van der Waals surface area contributed by atoms with Gasteiger partial charge >= 0.3 is 6.09 Å². The number of ether oxygens (including phenoxy) is 1. The molecule has 1 amide bonds. The standard InChI is InChI=1S/C9H18ClNO3/c1-9(2,3)4-7(6(12)5-10)14-8(11)13/h6-7,12H,4-5H2,1-3H3,(H2,11,13). The van der Waals surface area contributed by atoms with Gasteiger partial charge in [-0.2, -0.15) is 0 Å². The number of carbonyl (C=O) groups excluding carboxylic acids is 1. The van der Waals surface area contributed by atoms with Gasteiger partial charge in [-0.25, -0.2) is 4.79 Å². The third-order valence-electron chi connectivity index (χ3n) is 1.67. The van der Waals surface area contributed by atoms with Crippen molar-refractivity contribution in [1.29, 1.82) is 0 Å². The second-order valence-corrected chi connectivity index (χ2v) is 4.77. The predicted molar refractivity (Wildman–Crippen MR) is 55.3 cm³/mol. The first-order valence-corrected chi connectivity index (χ1v) is 5.00. The molecule has 2 unspecified atom stereocenters. The Balaban J connectivity index is 4.32. The molecule has 0 aliphatic rings. The third-order valence-corrected chi connectivity index (χ3v) is 1.98. The number of aliphatic hydroxyl groups is 1. The molecule has 0 saturated heterocycles. The third kappa shape index (κ3) is 6.05. The van der Waals surface area contributed by atoms with Crippen LogP contribution in [0.4, 0.5) is 4.79 Å². The highest BCUT2D eigenvalue weighted by Gasteiger charge is 2.27. The minimum absolute atomic E-state index is 0.0219. The van der Waals surface area contributed by atoms with Gasteiger partial charge in [0.1, 0.15) is 12.2 Å². The van der Waals surface area contributed by atoms with Crippen molar-refractivity contribution >= 4 is 17.7 Å². The van der Waals surface area contributed by atoms with E-state index >= 15 is 0 Å². The molecule has 14 heavy (non-hydrogen) atoms. The summed E-state index contributed by atoms with van der Waals surface area (Å²) in [5.41, 5.74) is 4.83. The normalized spacial score (nSPS) is 16.1. The molecule has 0 spiro atoms. The van der Waals surface area contributed by atoms with Gasteiger partial charge in [-0.15, -0.1) is 11.6 Å². The SMILES string of the molecule is CC(C)(C)CC(OC(N)=O)C(O)CCl. The van der Waals surface area contributed by atoms with Crippen molar-refractivity contribution in [3.63, 3.8) is 0 Å². The highest BCUT2D eigenvalue weighted by molar-refractivity contribution is 6.18. The van der Waals surface area contributed by atoms with E-state index in [2.05, 4.69) is 0 Å². The van der Waals surface area contributed by atoms with Crippen molar-refractivity contribution in [1.82, 2.24) is 0 Å². The van der Waals surface area contributed by atoms with Gasteiger partial charge < -0.3 is 15.6 Å². The number of primary amides is 1. The molecule has 0 aromatic rings. The minimum atomic E-state index is -0.886. The van der Waals surface area contributed by atoms with E-state index in [1.54, 1.807) is 0 Å². The summed E-state index contributed by atoms with van der Waals surface area (Å²) in [5.74, 6) is 0.0219. The quantitative estimate of drug-likeness (QED) is 0.710. The fraction of sp³-hybridized carbons (Fsp3) is 0.889. The van der Waals surface area contributed by atoms with Crippen molar-refractivity contribution in [3.8, 4) is 0 Å². The second-order valence-electron chi connectivity index (χ2n) is 4.46. The zero-order chi connectivity index (χ0) is 11.4. The Morgan fingerprint density at radius 3 is 2.36 bits per heavy atom. The maximum atomic E-state index is 10.6. The van der Waals surface area contributed by atoms with Crippen LogP contribution in [0.2, 0.25) is 0 Å². The molecule has 0 saturated carbocycles. The molecule has 0 aromatic carbocycles. The van der Waals surface area contributed by atoms with Crippen LogP contribution in [-0.4, -0.2) is 29.3 Å². The van der Waals surface area contributed by atoms with Crippen LogP contribution < -0.4 is 5.73 Å². The topological polar surface area (TPSA) is 72.5 Å². The number of alkyl halides is 1. The Hall–Kier alpha value is -0.480.